The van der Waals surface area contributed by atoms with E-state index in [0.29, 0.717) is 23.1 Å². The van der Waals surface area contributed by atoms with Gasteiger partial charge in [-0.2, -0.15) is 0 Å². The number of amides is 2. The Morgan fingerprint density at radius 2 is 1.54 bits per heavy atom. The molecule has 0 aliphatic carbocycles. The molecule has 0 heterocycles. The van der Waals surface area contributed by atoms with Crippen LogP contribution in [0, 0.1) is 5.92 Å². The van der Waals surface area contributed by atoms with E-state index in [1.807, 2.05) is 19.9 Å². The molecule has 0 fully saturated rings. The Kier molecular flexibility index (Phi) is 11.0. The Morgan fingerprint density at radius 3 is 2.12 bits per heavy atom. The van der Waals surface area contributed by atoms with Crippen LogP contribution in [0.15, 0.2) is 77.7 Å². The van der Waals surface area contributed by atoms with Crippen molar-refractivity contribution < 1.29 is 27.5 Å². The molecule has 0 aliphatic rings. The van der Waals surface area contributed by atoms with E-state index < -0.39 is 28.5 Å². The van der Waals surface area contributed by atoms with E-state index in [0.717, 1.165) is 9.87 Å². The van der Waals surface area contributed by atoms with Crippen molar-refractivity contribution in [3.63, 3.8) is 0 Å². The van der Waals surface area contributed by atoms with Gasteiger partial charge in [-0.25, -0.2) is 8.42 Å². The second-order valence-corrected chi connectivity index (χ2v) is 12.2. The Hall–Kier alpha value is -3.76. The molecule has 0 radical (unpaired) electrons. The van der Waals surface area contributed by atoms with Crippen molar-refractivity contribution >= 4 is 39.1 Å². The van der Waals surface area contributed by atoms with Crippen LogP contribution in [0.25, 0.3) is 0 Å². The van der Waals surface area contributed by atoms with Crippen LogP contribution in [0.2, 0.25) is 5.02 Å². The summed E-state index contributed by atoms with van der Waals surface area (Å²) in [4.78, 5) is 28.4. The monoisotopic (exact) mass is 601 g/mol. The summed E-state index contributed by atoms with van der Waals surface area (Å²) >= 11 is 6.07. The maximum Gasteiger partial charge on any atom is 0.264 e. The molecule has 0 spiro atoms. The Balaban J connectivity index is 2.02. The van der Waals surface area contributed by atoms with Crippen molar-refractivity contribution in [3.05, 3.63) is 83.4 Å². The number of anilines is 1. The molecule has 3 aromatic carbocycles. The maximum absolute atomic E-state index is 14.0. The van der Waals surface area contributed by atoms with Crippen molar-refractivity contribution in [2.75, 3.05) is 31.6 Å². The van der Waals surface area contributed by atoms with Crippen LogP contribution in [0.3, 0.4) is 0 Å². The van der Waals surface area contributed by atoms with Gasteiger partial charge in [0.1, 0.15) is 24.1 Å². The number of carbonyl (C=O) groups excluding carboxylic acids is 2. The third-order valence-electron chi connectivity index (χ3n) is 6.38. The Bertz CT molecular complexity index is 1430. The Labute approximate surface area is 247 Å². The van der Waals surface area contributed by atoms with Gasteiger partial charge in [0, 0.05) is 18.1 Å². The minimum absolute atomic E-state index is 0.0249. The third kappa shape index (κ3) is 8.37. The molecule has 1 N–H and O–H groups in total. The molecule has 220 valence electrons. The highest BCUT2D eigenvalue weighted by Crippen LogP contribution is 2.27. The van der Waals surface area contributed by atoms with Gasteiger partial charge < -0.3 is 19.7 Å². The largest absolute Gasteiger partial charge is 0.497 e. The van der Waals surface area contributed by atoms with E-state index in [4.69, 9.17) is 21.1 Å². The molecule has 3 rings (SSSR count). The molecule has 9 nitrogen and oxygen atoms in total. The predicted octanol–water partition coefficient (Wildman–Crippen LogP) is 4.74. The first-order valence-corrected chi connectivity index (χ1v) is 14.9. The summed E-state index contributed by atoms with van der Waals surface area (Å²) in [6, 6.07) is 18.3. The molecule has 41 heavy (non-hydrogen) atoms. The van der Waals surface area contributed by atoms with Crippen molar-refractivity contribution in [1.29, 1.82) is 0 Å². The number of carbonyl (C=O) groups is 2. The molecule has 1 atom stereocenters. The second-order valence-electron chi connectivity index (χ2n) is 9.85. The van der Waals surface area contributed by atoms with E-state index in [2.05, 4.69) is 5.32 Å². The molecular formula is C30H36ClN3O6S. The first-order chi connectivity index (χ1) is 19.5. The molecule has 0 saturated carbocycles. The van der Waals surface area contributed by atoms with Crippen LogP contribution < -0.4 is 19.1 Å². The lowest BCUT2D eigenvalue weighted by atomic mass is 10.1. The second kappa shape index (κ2) is 14.2. The van der Waals surface area contributed by atoms with Gasteiger partial charge in [0.2, 0.25) is 11.8 Å². The van der Waals surface area contributed by atoms with Crippen LogP contribution >= 0.6 is 11.6 Å². The number of nitrogens with zero attached hydrogens (tertiary/aromatic N) is 2. The highest BCUT2D eigenvalue weighted by molar-refractivity contribution is 7.92. The quantitative estimate of drug-likeness (QED) is 0.303. The summed E-state index contributed by atoms with van der Waals surface area (Å²) in [7, 11) is -1.18. The van der Waals surface area contributed by atoms with Crippen molar-refractivity contribution in [1.82, 2.24) is 10.2 Å². The van der Waals surface area contributed by atoms with Gasteiger partial charge in [-0.1, -0.05) is 37.6 Å². The molecular weight excluding hydrogens is 566 g/mol. The van der Waals surface area contributed by atoms with Gasteiger partial charge in [0.15, 0.2) is 0 Å². The lowest BCUT2D eigenvalue weighted by Gasteiger charge is -2.32. The topological polar surface area (TPSA) is 105 Å². The standard InChI is InChI=1S/C30H36ClN3O6S/c1-21(2)18-32-30(36)22(3)33(19-23-7-6-8-27(17-23)40-5)29(35)20-34(25-11-9-24(31)10-12-25)41(37,38)28-15-13-26(39-4)14-16-28/h6-17,21-22H,18-20H2,1-5H3,(H,32,36)/t22-/m1/s1. The number of sulfonamides is 1. The minimum Gasteiger partial charge on any atom is -0.497 e. The van der Waals surface area contributed by atoms with Gasteiger partial charge in [-0.15, -0.1) is 0 Å². The number of hydrogen-bond acceptors (Lipinski definition) is 6. The molecule has 3 aromatic rings. The van der Waals surface area contributed by atoms with Crippen molar-refractivity contribution in [2.45, 2.75) is 38.3 Å². The zero-order chi connectivity index (χ0) is 30.2. The molecule has 2 amide bonds. The van der Waals surface area contributed by atoms with E-state index >= 15 is 0 Å². The first-order valence-electron chi connectivity index (χ1n) is 13.1. The van der Waals surface area contributed by atoms with Gasteiger partial charge in [0.25, 0.3) is 10.0 Å². The van der Waals surface area contributed by atoms with Gasteiger partial charge in [0.05, 0.1) is 24.8 Å². The SMILES string of the molecule is COc1ccc(S(=O)(=O)N(CC(=O)N(Cc2cccc(OC)c2)[C@H](C)C(=O)NCC(C)C)c2ccc(Cl)cc2)cc1. The predicted molar refractivity (Wildman–Crippen MR) is 160 cm³/mol. The fourth-order valence-electron chi connectivity index (χ4n) is 4.01. The smallest absolute Gasteiger partial charge is 0.264 e. The van der Waals surface area contributed by atoms with Crippen molar-refractivity contribution in [2.24, 2.45) is 5.92 Å². The molecule has 0 aromatic heterocycles. The summed E-state index contributed by atoms with van der Waals surface area (Å²) < 4.78 is 39.3. The van der Waals surface area contributed by atoms with Crippen LogP contribution in [-0.4, -0.2) is 58.5 Å². The van der Waals surface area contributed by atoms with Gasteiger partial charge >= 0.3 is 0 Å². The molecule has 0 aliphatic heterocycles. The highest BCUT2D eigenvalue weighted by Gasteiger charge is 2.32. The molecule has 0 saturated heterocycles. The van der Waals surface area contributed by atoms with Gasteiger partial charge in [-0.3, -0.25) is 13.9 Å². The number of ether oxygens (including phenoxy) is 2. The average Bonchev–Trinajstić information content (AvgIpc) is 2.97. The first kappa shape index (κ1) is 31.8. The fraction of sp³-hybridized carbons (Fsp3) is 0.333. The number of hydrogen-bond donors (Lipinski definition) is 1. The van der Waals surface area contributed by atoms with Crippen LogP contribution in [-0.2, 0) is 26.2 Å². The molecule has 11 heteroatoms. The summed E-state index contributed by atoms with van der Waals surface area (Å²) in [5, 5.41) is 3.28. The van der Waals surface area contributed by atoms with E-state index in [1.165, 1.54) is 55.5 Å². The number of rotatable bonds is 13. The highest BCUT2D eigenvalue weighted by atomic mass is 35.5. The lowest BCUT2D eigenvalue weighted by molar-refractivity contribution is -0.139. The summed E-state index contributed by atoms with van der Waals surface area (Å²) in [5.41, 5.74) is 0.967. The number of benzene rings is 3. The van der Waals surface area contributed by atoms with Crippen molar-refractivity contribution in [3.8, 4) is 11.5 Å². The summed E-state index contributed by atoms with van der Waals surface area (Å²) in [5.74, 6) is 0.391. The molecule has 0 bridgehead atoms. The van der Waals surface area contributed by atoms with Crippen LogP contribution in [0.4, 0.5) is 5.69 Å². The minimum atomic E-state index is -4.20. The zero-order valence-electron chi connectivity index (χ0n) is 23.8. The normalized spacial score (nSPS) is 12.0. The molecule has 0 unspecified atom stereocenters. The third-order valence-corrected chi connectivity index (χ3v) is 8.42. The van der Waals surface area contributed by atoms with Crippen LogP contribution in [0.1, 0.15) is 26.3 Å². The summed E-state index contributed by atoms with van der Waals surface area (Å²) in [6.45, 7) is 5.51. The zero-order valence-corrected chi connectivity index (χ0v) is 25.4. The average molecular weight is 602 g/mol. The number of methoxy groups -OCH3 is 2. The van der Waals surface area contributed by atoms with Gasteiger partial charge in [-0.05, 0) is 79.1 Å². The fourth-order valence-corrected chi connectivity index (χ4v) is 5.55. The van der Waals surface area contributed by atoms with E-state index in [1.54, 1.807) is 37.3 Å². The number of nitrogens with one attached hydrogen (secondary N) is 1. The van der Waals surface area contributed by atoms with E-state index in [-0.39, 0.29) is 29.0 Å². The van der Waals surface area contributed by atoms with E-state index in [9.17, 15) is 18.0 Å². The van der Waals surface area contributed by atoms with Crippen LogP contribution in [0.5, 0.6) is 11.5 Å². The maximum atomic E-state index is 14.0. The number of halogens is 1. The lowest BCUT2D eigenvalue weighted by Crippen LogP contribution is -2.51. The summed E-state index contributed by atoms with van der Waals surface area (Å²) in [6.07, 6.45) is 0. The Morgan fingerprint density at radius 1 is 0.902 bits per heavy atom.